The Morgan fingerprint density at radius 2 is 1.79 bits per heavy atom. The molecule has 0 aliphatic carbocycles. The molecule has 0 bridgehead atoms. The minimum Gasteiger partial charge on any atom is -0.478 e. The van der Waals surface area contributed by atoms with Crippen LogP contribution in [0.2, 0.25) is 0 Å². The van der Waals surface area contributed by atoms with Crippen LogP contribution in [-0.4, -0.2) is 33.7 Å². The van der Waals surface area contributed by atoms with Crippen molar-refractivity contribution in [3.8, 4) is 22.9 Å². The number of benzene rings is 2. The van der Waals surface area contributed by atoms with E-state index in [1.54, 1.807) is 6.07 Å². The number of halogens is 1. The Morgan fingerprint density at radius 1 is 1.12 bits per heavy atom. The number of aryl methyl sites for hydroxylation is 1. The lowest BCUT2D eigenvalue weighted by atomic mass is 10.2. The van der Waals surface area contributed by atoms with Gasteiger partial charge in [-0.15, -0.1) is 0 Å². The van der Waals surface area contributed by atoms with Gasteiger partial charge in [-0.25, -0.2) is 18.5 Å². The molecule has 3 aromatic rings. The van der Waals surface area contributed by atoms with Crippen molar-refractivity contribution in [2.24, 2.45) is 7.05 Å². The van der Waals surface area contributed by atoms with Crippen LogP contribution in [0.4, 0.5) is 10.1 Å². The molecule has 2 aromatic carbocycles. The molecular formula is C21H18FN3O8. The van der Waals surface area contributed by atoms with E-state index in [0.717, 1.165) is 16.7 Å². The summed E-state index contributed by atoms with van der Waals surface area (Å²) in [6.45, 7) is 1.07. The number of esters is 1. The fourth-order valence-electron chi connectivity index (χ4n) is 2.85. The average Bonchev–Trinajstić information content (AvgIpc) is 2.78. The Morgan fingerprint density at radius 3 is 2.42 bits per heavy atom. The minimum atomic E-state index is -1.17. The third-order valence-corrected chi connectivity index (χ3v) is 4.67. The van der Waals surface area contributed by atoms with Gasteiger partial charge in [-0.05, 0) is 19.1 Å². The Bertz CT molecular complexity index is 1360. The number of aromatic nitrogens is 2. The molecule has 33 heavy (non-hydrogen) atoms. The molecule has 0 N–H and O–H groups in total. The van der Waals surface area contributed by atoms with Gasteiger partial charge in [0.15, 0.2) is 23.9 Å². The molecular weight excluding hydrogens is 441 g/mol. The summed E-state index contributed by atoms with van der Waals surface area (Å²) in [4.78, 5) is 47.0. The number of hydrogen-bond donors (Lipinski definition) is 0. The summed E-state index contributed by atoms with van der Waals surface area (Å²) < 4.78 is 31.9. The molecule has 0 amide bonds. The fourth-order valence-corrected chi connectivity index (χ4v) is 2.85. The number of rotatable bonds is 7. The zero-order valence-electron chi connectivity index (χ0n) is 17.7. The van der Waals surface area contributed by atoms with Gasteiger partial charge in [-0.2, -0.15) is 0 Å². The van der Waals surface area contributed by atoms with Crippen molar-refractivity contribution in [1.82, 2.24) is 9.13 Å². The van der Waals surface area contributed by atoms with Crippen LogP contribution in [0.5, 0.6) is 17.2 Å². The van der Waals surface area contributed by atoms with Gasteiger partial charge in [0, 0.05) is 24.9 Å². The van der Waals surface area contributed by atoms with E-state index in [4.69, 9.17) is 9.47 Å². The van der Waals surface area contributed by atoms with E-state index in [2.05, 4.69) is 4.74 Å². The highest BCUT2D eigenvalue weighted by Gasteiger charge is 2.24. The Balaban J connectivity index is 2.14. The molecule has 0 aliphatic heterocycles. The van der Waals surface area contributed by atoms with Gasteiger partial charge in [0.05, 0.1) is 23.8 Å². The minimum absolute atomic E-state index is 0.0359. The molecule has 172 valence electrons. The van der Waals surface area contributed by atoms with Crippen molar-refractivity contribution in [3.63, 3.8) is 0 Å². The first kappa shape index (κ1) is 23.2. The van der Waals surface area contributed by atoms with Crippen molar-refractivity contribution in [2.45, 2.75) is 6.92 Å². The highest BCUT2D eigenvalue weighted by molar-refractivity contribution is 5.71. The Labute approximate surface area is 185 Å². The predicted octanol–water partition coefficient (Wildman–Crippen LogP) is 2.24. The lowest BCUT2D eigenvalue weighted by molar-refractivity contribution is -0.385. The zero-order chi connectivity index (χ0) is 24.3. The van der Waals surface area contributed by atoms with Crippen molar-refractivity contribution >= 4 is 11.7 Å². The van der Waals surface area contributed by atoms with E-state index in [0.29, 0.717) is 16.3 Å². The van der Waals surface area contributed by atoms with Crippen LogP contribution in [0.1, 0.15) is 5.69 Å². The quantitative estimate of drug-likeness (QED) is 0.299. The van der Waals surface area contributed by atoms with Crippen molar-refractivity contribution in [1.29, 1.82) is 0 Å². The smallest absolute Gasteiger partial charge is 0.343 e. The highest BCUT2D eigenvalue weighted by Crippen LogP contribution is 2.38. The highest BCUT2D eigenvalue weighted by atomic mass is 19.1. The third-order valence-electron chi connectivity index (χ3n) is 4.67. The standard InChI is InChI=1S/C21H18FN3O8/c1-12-8-19(26)24(21(28)23(12)2)14-10-18(15(25(29)30)9-13(14)22)33-17-7-5-4-6-16(17)32-11-20(27)31-3/h4-10H,11H2,1-3H3. The topological polar surface area (TPSA) is 132 Å². The van der Waals surface area contributed by atoms with E-state index >= 15 is 0 Å². The molecule has 3 rings (SSSR count). The van der Waals surface area contributed by atoms with Gasteiger partial charge in [-0.1, -0.05) is 12.1 Å². The first-order valence-electron chi connectivity index (χ1n) is 9.38. The lowest BCUT2D eigenvalue weighted by Crippen LogP contribution is -2.38. The molecule has 0 fully saturated rings. The van der Waals surface area contributed by atoms with Crippen LogP contribution in [0.3, 0.4) is 0 Å². The van der Waals surface area contributed by atoms with Crippen LogP contribution in [0, 0.1) is 22.9 Å². The number of hydrogen-bond acceptors (Lipinski definition) is 8. The molecule has 0 saturated carbocycles. The van der Waals surface area contributed by atoms with Gasteiger partial charge in [0.2, 0.25) is 5.75 Å². The molecule has 1 heterocycles. The summed E-state index contributed by atoms with van der Waals surface area (Å²) in [7, 11) is 2.57. The van der Waals surface area contributed by atoms with Crippen LogP contribution in [0.15, 0.2) is 52.1 Å². The van der Waals surface area contributed by atoms with Gasteiger partial charge in [-0.3, -0.25) is 14.9 Å². The van der Waals surface area contributed by atoms with Crippen LogP contribution in [-0.2, 0) is 16.6 Å². The third kappa shape index (κ3) is 4.74. The van der Waals surface area contributed by atoms with Crippen LogP contribution in [0.25, 0.3) is 5.69 Å². The van der Waals surface area contributed by atoms with Gasteiger partial charge in [0.1, 0.15) is 0 Å². The van der Waals surface area contributed by atoms with Crippen LogP contribution < -0.4 is 20.7 Å². The van der Waals surface area contributed by atoms with E-state index in [-0.39, 0.29) is 11.5 Å². The summed E-state index contributed by atoms with van der Waals surface area (Å²) in [5, 5.41) is 11.5. The molecule has 0 saturated heterocycles. The largest absolute Gasteiger partial charge is 0.478 e. The molecule has 0 radical (unpaired) electrons. The van der Waals surface area contributed by atoms with E-state index in [1.165, 1.54) is 39.3 Å². The van der Waals surface area contributed by atoms with Crippen LogP contribution >= 0.6 is 0 Å². The van der Waals surface area contributed by atoms with E-state index in [9.17, 15) is 28.9 Å². The second-order valence-corrected chi connectivity index (χ2v) is 6.74. The maximum Gasteiger partial charge on any atom is 0.343 e. The average molecular weight is 459 g/mol. The number of methoxy groups -OCH3 is 1. The number of nitrogens with zero attached hydrogens (tertiary/aromatic N) is 3. The molecule has 0 spiro atoms. The summed E-state index contributed by atoms with van der Waals surface area (Å²) in [5.41, 5.74) is -2.61. The Kier molecular flexibility index (Phi) is 6.56. The second-order valence-electron chi connectivity index (χ2n) is 6.74. The summed E-state index contributed by atoms with van der Waals surface area (Å²) in [5.74, 6) is -2.29. The number of nitro groups is 1. The number of ether oxygens (including phenoxy) is 3. The zero-order valence-corrected chi connectivity index (χ0v) is 17.7. The SMILES string of the molecule is COC(=O)COc1ccccc1Oc1cc(-n2c(=O)cc(C)n(C)c2=O)c(F)cc1[N+](=O)[O-]. The maximum absolute atomic E-state index is 14.8. The summed E-state index contributed by atoms with van der Waals surface area (Å²) in [6.07, 6.45) is 0. The molecule has 0 unspecified atom stereocenters. The first-order valence-corrected chi connectivity index (χ1v) is 9.38. The van der Waals surface area contributed by atoms with E-state index < -0.39 is 51.7 Å². The fraction of sp³-hybridized carbons (Fsp3) is 0.190. The molecule has 0 atom stereocenters. The molecule has 1 aromatic heterocycles. The van der Waals surface area contributed by atoms with Crippen molar-refractivity contribution in [2.75, 3.05) is 13.7 Å². The molecule has 11 nitrogen and oxygen atoms in total. The predicted molar refractivity (Wildman–Crippen MR) is 113 cm³/mol. The molecule has 12 heteroatoms. The monoisotopic (exact) mass is 459 g/mol. The van der Waals surface area contributed by atoms with E-state index in [1.807, 2.05) is 0 Å². The molecule has 0 aliphatic rings. The van der Waals surface area contributed by atoms with Gasteiger partial charge >= 0.3 is 17.3 Å². The first-order chi connectivity index (χ1) is 15.6. The van der Waals surface area contributed by atoms with Gasteiger partial charge in [0.25, 0.3) is 5.56 Å². The normalized spacial score (nSPS) is 10.5. The number of nitro benzene ring substituents is 1. The number of carbonyl (C=O) groups excluding carboxylic acids is 1. The maximum atomic E-state index is 14.8. The number of para-hydroxylation sites is 2. The van der Waals surface area contributed by atoms with Crippen molar-refractivity contribution < 1.29 is 28.3 Å². The van der Waals surface area contributed by atoms with Crippen molar-refractivity contribution in [3.05, 3.63) is 84.9 Å². The Hall–Kier alpha value is -4.48. The summed E-state index contributed by atoms with van der Waals surface area (Å²) in [6, 6.07) is 8.50. The lowest BCUT2D eigenvalue weighted by Gasteiger charge is -2.14. The van der Waals surface area contributed by atoms with Gasteiger partial charge < -0.3 is 18.8 Å². The number of carbonyl (C=O) groups is 1. The second kappa shape index (κ2) is 9.34. The summed E-state index contributed by atoms with van der Waals surface area (Å²) >= 11 is 0.